The van der Waals surface area contributed by atoms with Crippen molar-refractivity contribution in [2.24, 2.45) is 0 Å². The van der Waals surface area contributed by atoms with Crippen molar-refractivity contribution in [2.45, 2.75) is 26.9 Å². The van der Waals surface area contributed by atoms with Gasteiger partial charge in [0.25, 0.3) is 5.56 Å². The van der Waals surface area contributed by atoms with Crippen molar-refractivity contribution in [2.75, 3.05) is 14.2 Å². The van der Waals surface area contributed by atoms with Crippen LogP contribution in [0.4, 0.5) is 0 Å². The summed E-state index contributed by atoms with van der Waals surface area (Å²) < 4.78 is 6.91. The van der Waals surface area contributed by atoms with Crippen LogP contribution in [0.25, 0.3) is 11.3 Å². The molecule has 1 heterocycles. The first-order valence-corrected chi connectivity index (χ1v) is 7.01. The van der Waals surface area contributed by atoms with Gasteiger partial charge in [-0.3, -0.25) is 4.79 Å². The fourth-order valence-electron chi connectivity index (χ4n) is 2.28. The number of hydrogen-bond donors (Lipinski definition) is 1. The molecular formula is C16H21N3O2. The Kier molecular flexibility index (Phi) is 4.75. The second-order valence-corrected chi connectivity index (χ2v) is 4.91. The number of ether oxygens (including phenoxy) is 1. The Labute approximate surface area is 124 Å². The van der Waals surface area contributed by atoms with Gasteiger partial charge in [0.15, 0.2) is 0 Å². The zero-order valence-electron chi connectivity index (χ0n) is 12.9. The van der Waals surface area contributed by atoms with Gasteiger partial charge in [-0.1, -0.05) is 11.6 Å². The maximum atomic E-state index is 12.2. The van der Waals surface area contributed by atoms with Crippen LogP contribution in [0, 0.1) is 6.92 Å². The van der Waals surface area contributed by atoms with E-state index in [1.165, 1.54) is 4.68 Å². The highest BCUT2D eigenvalue weighted by atomic mass is 16.5. The Morgan fingerprint density at radius 1 is 1.33 bits per heavy atom. The molecule has 0 unspecified atom stereocenters. The van der Waals surface area contributed by atoms with Crippen LogP contribution in [0.3, 0.4) is 0 Å². The third-order valence-electron chi connectivity index (χ3n) is 3.35. The second-order valence-electron chi connectivity index (χ2n) is 4.91. The summed E-state index contributed by atoms with van der Waals surface area (Å²) in [4.78, 5) is 12.2. The number of nitrogens with one attached hydrogen (secondary N) is 1. The number of rotatable bonds is 5. The van der Waals surface area contributed by atoms with Gasteiger partial charge in [-0.15, -0.1) is 0 Å². The van der Waals surface area contributed by atoms with Gasteiger partial charge in [0.05, 0.1) is 12.8 Å². The Morgan fingerprint density at radius 2 is 2.10 bits per heavy atom. The topological polar surface area (TPSA) is 56.1 Å². The monoisotopic (exact) mass is 287 g/mol. The van der Waals surface area contributed by atoms with Gasteiger partial charge in [-0.2, -0.15) is 5.10 Å². The molecule has 2 aromatic rings. The van der Waals surface area contributed by atoms with E-state index in [9.17, 15) is 4.79 Å². The Morgan fingerprint density at radius 3 is 2.71 bits per heavy atom. The maximum Gasteiger partial charge on any atom is 0.271 e. The average molecular weight is 287 g/mol. The van der Waals surface area contributed by atoms with Crippen LogP contribution in [0.2, 0.25) is 0 Å². The number of hydrogen-bond acceptors (Lipinski definition) is 4. The van der Waals surface area contributed by atoms with Gasteiger partial charge in [-0.25, -0.2) is 4.68 Å². The predicted octanol–water partition coefficient (Wildman–Crippen LogP) is 1.97. The van der Waals surface area contributed by atoms with E-state index in [-0.39, 0.29) is 5.56 Å². The molecule has 0 aliphatic rings. The molecule has 1 aromatic heterocycles. The summed E-state index contributed by atoms with van der Waals surface area (Å²) in [6, 6.07) is 7.77. The normalized spacial score (nSPS) is 10.7. The molecule has 0 fully saturated rings. The molecule has 0 saturated heterocycles. The molecule has 1 N–H and O–H groups in total. The van der Waals surface area contributed by atoms with Crippen molar-refractivity contribution in [1.82, 2.24) is 15.1 Å². The molecule has 2 rings (SSSR count). The molecular weight excluding hydrogens is 266 g/mol. The van der Waals surface area contributed by atoms with Gasteiger partial charge < -0.3 is 10.1 Å². The fourth-order valence-corrected chi connectivity index (χ4v) is 2.28. The van der Waals surface area contributed by atoms with Gasteiger partial charge in [0.2, 0.25) is 0 Å². The number of aromatic nitrogens is 2. The van der Waals surface area contributed by atoms with Crippen molar-refractivity contribution in [3.63, 3.8) is 0 Å². The van der Waals surface area contributed by atoms with E-state index in [4.69, 9.17) is 4.74 Å². The zero-order chi connectivity index (χ0) is 15.4. The smallest absolute Gasteiger partial charge is 0.271 e. The highest BCUT2D eigenvalue weighted by molar-refractivity contribution is 5.68. The molecule has 5 nitrogen and oxygen atoms in total. The summed E-state index contributed by atoms with van der Waals surface area (Å²) >= 11 is 0. The lowest BCUT2D eigenvalue weighted by molar-refractivity contribution is 0.416. The van der Waals surface area contributed by atoms with E-state index >= 15 is 0 Å². The van der Waals surface area contributed by atoms with E-state index in [2.05, 4.69) is 10.4 Å². The summed E-state index contributed by atoms with van der Waals surface area (Å²) in [6.45, 7) is 4.99. The summed E-state index contributed by atoms with van der Waals surface area (Å²) in [5, 5.41) is 7.47. The number of methoxy groups -OCH3 is 1. The Hall–Kier alpha value is -2.14. The molecule has 0 atom stereocenters. The summed E-state index contributed by atoms with van der Waals surface area (Å²) in [6.07, 6.45) is 0. The SMILES string of the molecule is CCn1nc(-c2cc(C)ccc2OC)cc(CNC)c1=O. The first-order chi connectivity index (χ1) is 10.1. The predicted molar refractivity (Wildman–Crippen MR) is 83.7 cm³/mol. The van der Waals surface area contributed by atoms with Crippen LogP contribution in [-0.2, 0) is 13.1 Å². The minimum absolute atomic E-state index is 0.0535. The van der Waals surface area contributed by atoms with E-state index in [1.54, 1.807) is 7.11 Å². The zero-order valence-corrected chi connectivity index (χ0v) is 12.9. The van der Waals surface area contributed by atoms with Crippen molar-refractivity contribution in [3.05, 3.63) is 45.7 Å². The lowest BCUT2D eigenvalue weighted by Crippen LogP contribution is -2.28. The molecule has 5 heteroatoms. The fraction of sp³-hybridized carbons (Fsp3) is 0.375. The number of benzene rings is 1. The molecule has 0 radical (unpaired) electrons. The number of nitrogens with zero attached hydrogens (tertiary/aromatic N) is 2. The van der Waals surface area contributed by atoms with Crippen molar-refractivity contribution >= 4 is 0 Å². The molecule has 0 aliphatic heterocycles. The van der Waals surface area contributed by atoms with Crippen molar-refractivity contribution < 1.29 is 4.74 Å². The van der Waals surface area contributed by atoms with E-state index < -0.39 is 0 Å². The highest BCUT2D eigenvalue weighted by Gasteiger charge is 2.12. The first-order valence-electron chi connectivity index (χ1n) is 7.01. The lowest BCUT2D eigenvalue weighted by atomic mass is 10.1. The quantitative estimate of drug-likeness (QED) is 0.913. The molecule has 0 saturated carbocycles. The van der Waals surface area contributed by atoms with E-state index in [0.717, 1.165) is 22.6 Å². The van der Waals surface area contributed by atoms with Crippen LogP contribution in [0.15, 0.2) is 29.1 Å². The van der Waals surface area contributed by atoms with E-state index in [1.807, 2.05) is 45.2 Å². The second kappa shape index (κ2) is 6.54. The third-order valence-corrected chi connectivity index (χ3v) is 3.35. The van der Waals surface area contributed by atoms with Crippen LogP contribution >= 0.6 is 0 Å². The minimum Gasteiger partial charge on any atom is -0.496 e. The molecule has 112 valence electrons. The van der Waals surface area contributed by atoms with Crippen LogP contribution in [0.1, 0.15) is 18.1 Å². The van der Waals surface area contributed by atoms with Gasteiger partial charge in [0, 0.05) is 24.2 Å². The highest BCUT2D eigenvalue weighted by Crippen LogP contribution is 2.29. The van der Waals surface area contributed by atoms with E-state index in [0.29, 0.717) is 18.7 Å². The van der Waals surface area contributed by atoms with Gasteiger partial charge >= 0.3 is 0 Å². The molecule has 1 aromatic carbocycles. The molecule has 0 aliphatic carbocycles. The van der Waals surface area contributed by atoms with Gasteiger partial charge in [-0.05, 0) is 39.1 Å². The van der Waals surface area contributed by atoms with Gasteiger partial charge in [0.1, 0.15) is 5.75 Å². The summed E-state index contributed by atoms with van der Waals surface area (Å²) in [5.41, 5.74) is 3.42. The lowest BCUT2D eigenvalue weighted by Gasteiger charge is -2.12. The van der Waals surface area contributed by atoms with Crippen LogP contribution in [0.5, 0.6) is 5.75 Å². The van der Waals surface area contributed by atoms with Crippen LogP contribution < -0.4 is 15.6 Å². The molecule has 21 heavy (non-hydrogen) atoms. The van der Waals surface area contributed by atoms with Crippen LogP contribution in [-0.4, -0.2) is 23.9 Å². The minimum atomic E-state index is -0.0535. The standard InChI is InChI=1S/C16H21N3O2/c1-5-19-16(20)12(10-17-3)9-14(18-19)13-8-11(2)6-7-15(13)21-4/h6-9,17H,5,10H2,1-4H3. The summed E-state index contributed by atoms with van der Waals surface area (Å²) in [5.74, 6) is 0.754. The maximum absolute atomic E-state index is 12.2. The van der Waals surface area contributed by atoms with Crippen molar-refractivity contribution in [1.29, 1.82) is 0 Å². The first kappa shape index (κ1) is 15.3. The molecule has 0 bridgehead atoms. The molecule has 0 amide bonds. The average Bonchev–Trinajstić information content (AvgIpc) is 2.49. The third kappa shape index (κ3) is 3.13. The number of aryl methyl sites for hydroxylation is 2. The Bertz CT molecular complexity index is 692. The Balaban J connectivity index is 2.66. The molecule has 0 spiro atoms. The summed E-state index contributed by atoms with van der Waals surface area (Å²) in [7, 11) is 3.46. The largest absolute Gasteiger partial charge is 0.496 e. The van der Waals surface area contributed by atoms with Crippen molar-refractivity contribution in [3.8, 4) is 17.0 Å².